The van der Waals surface area contributed by atoms with Gasteiger partial charge in [-0.05, 0) is 76.5 Å². The zero-order valence-corrected chi connectivity index (χ0v) is 25.1. The maximum absolute atomic E-state index is 14.1. The van der Waals surface area contributed by atoms with E-state index in [1.165, 1.54) is 4.90 Å². The molecule has 3 atom stereocenters. The van der Waals surface area contributed by atoms with Crippen molar-refractivity contribution < 1.29 is 23.2 Å². The molecule has 3 aliphatic heterocycles. The molecule has 0 radical (unpaired) electrons. The number of hydrogen-bond donors (Lipinski definition) is 1. The Bertz CT molecular complexity index is 1310. The molecule has 230 valence electrons. The summed E-state index contributed by atoms with van der Waals surface area (Å²) in [6.45, 7) is 4.70. The second kappa shape index (κ2) is 11.6. The van der Waals surface area contributed by atoms with Crippen molar-refractivity contribution >= 4 is 23.5 Å². The van der Waals surface area contributed by atoms with Crippen LogP contribution in [0.1, 0.15) is 83.2 Å². The predicted molar refractivity (Wildman–Crippen MR) is 161 cm³/mol. The number of carbonyl (C=O) groups is 3. The molecule has 2 aromatic rings. The molecular formula is C34H42F2N4O3. The van der Waals surface area contributed by atoms with E-state index in [9.17, 15) is 23.2 Å². The molecule has 3 unspecified atom stereocenters. The maximum atomic E-state index is 14.1. The van der Waals surface area contributed by atoms with Crippen molar-refractivity contribution in [1.29, 1.82) is 0 Å². The molecule has 4 aliphatic rings. The summed E-state index contributed by atoms with van der Waals surface area (Å²) in [4.78, 5) is 46.8. The highest BCUT2D eigenvalue weighted by Gasteiger charge is 2.63. The molecule has 4 fully saturated rings. The molecule has 7 nitrogen and oxygen atoms in total. The average Bonchev–Trinajstić information content (AvgIpc) is 3.35. The summed E-state index contributed by atoms with van der Waals surface area (Å²) in [5.41, 5.74) is 0.747. The Kier molecular flexibility index (Phi) is 8.05. The first-order valence-corrected chi connectivity index (χ1v) is 15.8. The predicted octanol–water partition coefficient (Wildman–Crippen LogP) is 6.30. The van der Waals surface area contributed by atoms with Crippen LogP contribution in [0.3, 0.4) is 0 Å². The van der Waals surface area contributed by atoms with E-state index in [0.29, 0.717) is 24.9 Å². The van der Waals surface area contributed by atoms with E-state index in [2.05, 4.69) is 10.2 Å². The number of nitrogens with one attached hydrogen (secondary N) is 1. The molecule has 1 aliphatic carbocycles. The molecule has 1 spiro atoms. The summed E-state index contributed by atoms with van der Waals surface area (Å²) >= 11 is 0. The molecule has 6 rings (SSSR count). The van der Waals surface area contributed by atoms with E-state index in [1.54, 1.807) is 0 Å². The van der Waals surface area contributed by atoms with Crippen molar-refractivity contribution in [2.75, 3.05) is 11.4 Å². The van der Waals surface area contributed by atoms with E-state index >= 15 is 0 Å². The van der Waals surface area contributed by atoms with Crippen LogP contribution in [0.15, 0.2) is 60.7 Å². The van der Waals surface area contributed by atoms with Gasteiger partial charge in [0.2, 0.25) is 11.8 Å². The van der Waals surface area contributed by atoms with Gasteiger partial charge in [0, 0.05) is 43.4 Å². The Hall–Kier alpha value is -3.33. The van der Waals surface area contributed by atoms with Gasteiger partial charge in [0.25, 0.3) is 5.91 Å². The summed E-state index contributed by atoms with van der Waals surface area (Å²) in [6, 6.07) is 18.7. The number of amides is 4. The summed E-state index contributed by atoms with van der Waals surface area (Å²) in [5, 5.41) is 3.20. The van der Waals surface area contributed by atoms with Crippen LogP contribution in [0, 0.1) is 5.92 Å². The lowest BCUT2D eigenvalue weighted by molar-refractivity contribution is -0.131. The molecule has 0 aromatic heterocycles. The summed E-state index contributed by atoms with van der Waals surface area (Å²) in [5.74, 6) is -3.33. The molecule has 9 heteroatoms. The number of nitrogens with zero attached hydrogens (tertiary/aromatic N) is 3. The molecule has 3 heterocycles. The summed E-state index contributed by atoms with van der Waals surface area (Å²) in [7, 11) is 0. The van der Waals surface area contributed by atoms with E-state index in [1.807, 2.05) is 79.4 Å². The van der Waals surface area contributed by atoms with Crippen molar-refractivity contribution in [1.82, 2.24) is 15.1 Å². The molecule has 1 N–H and O–H groups in total. The number of urea groups is 1. The van der Waals surface area contributed by atoms with Crippen LogP contribution in [0.4, 0.5) is 19.3 Å². The topological polar surface area (TPSA) is 73.0 Å². The largest absolute Gasteiger partial charge is 0.349 e. The Morgan fingerprint density at radius 1 is 0.907 bits per heavy atom. The van der Waals surface area contributed by atoms with Crippen molar-refractivity contribution in [2.45, 2.75) is 107 Å². The Balaban J connectivity index is 1.18. The molecule has 4 amide bonds. The van der Waals surface area contributed by atoms with Crippen molar-refractivity contribution in [3.63, 3.8) is 0 Å². The highest BCUT2D eigenvalue weighted by atomic mass is 19.3. The van der Waals surface area contributed by atoms with Crippen molar-refractivity contribution in [3.8, 4) is 0 Å². The van der Waals surface area contributed by atoms with Crippen LogP contribution in [0.2, 0.25) is 0 Å². The number of rotatable bonds is 8. The van der Waals surface area contributed by atoms with Gasteiger partial charge in [0.15, 0.2) is 0 Å². The normalized spacial score (nSPS) is 28.2. The Morgan fingerprint density at radius 3 is 2.07 bits per heavy atom. The zero-order chi connectivity index (χ0) is 30.4. The maximum Gasteiger partial charge on any atom is 0.332 e. The number of halogens is 2. The number of benzene rings is 2. The Labute approximate surface area is 252 Å². The smallest absolute Gasteiger partial charge is 0.332 e. The third-order valence-electron chi connectivity index (χ3n) is 10.2. The van der Waals surface area contributed by atoms with E-state index < -0.39 is 17.4 Å². The van der Waals surface area contributed by atoms with Crippen LogP contribution in [-0.4, -0.2) is 63.8 Å². The number of piperidine rings is 1. The molecule has 2 aromatic carbocycles. The van der Waals surface area contributed by atoms with E-state index in [-0.39, 0.29) is 67.7 Å². The van der Waals surface area contributed by atoms with Gasteiger partial charge in [-0.3, -0.25) is 14.5 Å². The SMILES string of the molecule is CC(C)N1C(=O)N(c2ccccc2)C(=O)C12CC1CCC(C2)N1CCC(NC(=O)C1CCC(F)(F)CC1)c1ccccc1. The first kappa shape index (κ1) is 29.7. The number of hydrogen-bond acceptors (Lipinski definition) is 4. The number of imide groups is 1. The number of alkyl halides is 2. The fourth-order valence-electron chi connectivity index (χ4n) is 8.14. The number of para-hydroxylation sites is 1. The van der Waals surface area contributed by atoms with Crippen LogP contribution >= 0.6 is 0 Å². The standard InChI is InChI=1S/C34H42F2N4O3/c1-23(2)40-32(43)39(26-11-7-4-8-12-26)31(42)33(40)21-27-13-14-28(22-33)38(27)20-17-29(24-9-5-3-6-10-24)37-30(41)25-15-18-34(35,36)19-16-25/h3-12,23,25,27-29H,13-22H2,1-2H3,(H,37,41). The zero-order valence-electron chi connectivity index (χ0n) is 25.1. The molecule has 3 saturated heterocycles. The number of carbonyl (C=O) groups excluding carboxylic acids is 3. The summed E-state index contributed by atoms with van der Waals surface area (Å²) in [6.07, 6.45) is 3.72. The third-order valence-corrected chi connectivity index (χ3v) is 10.2. The first-order valence-electron chi connectivity index (χ1n) is 15.8. The molecular weight excluding hydrogens is 550 g/mol. The Morgan fingerprint density at radius 2 is 1.49 bits per heavy atom. The molecule has 1 saturated carbocycles. The van der Waals surface area contributed by atoms with Gasteiger partial charge in [-0.15, -0.1) is 0 Å². The minimum absolute atomic E-state index is 0.117. The van der Waals surface area contributed by atoms with Gasteiger partial charge in [-0.25, -0.2) is 18.5 Å². The molecule has 2 bridgehead atoms. The monoisotopic (exact) mass is 592 g/mol. The molecule has 43 heavy (non-hydrogen) atoms. The lowest BCUT2D eigenvalue weighted by Gasteiger charge is -2.48. The lowest BCUT2D eigenvalue weighted by atomic mass is 9.80. The third kappa shape index (κ3) is 5.56. The van der Waals surface area contributed by atoms with Crippen LogP contribution in [0.5, 0.6) is 0 Å². The van der Waals surface area contributed by atoms with Crippen LogP contribution < -0.4 is 10.2 Å². The second-order valence-corrected chi connectivity index (χ2v) is 13.2. The number of fused-ring (bicyclic) bond motifs is 2. The van der Waals surface area contributed by atoms with Gasteiger partial charge >= 0.3 is 6.03 Å². The van der Waals surface area contributed by atoms with Gasteiger partial charge in [0.1, 0.15) is 5.54 Å². The van der Waals surface area contributed by atoms with Gasteiger partial charge in [0.05, 0.1) is 11.7 Å². The van der Waals surface area contributed by atoms with Crippen molar-refractivity contribution in [2.24, 2.45) is 5.92 Å². The average molecular weight is 593 g/mol. The highest BCUT2D eigenvalue weighted by Crippen LogP contribution is 2.49. The van der Waals surface area contributed by atoms with Crippen LogP contribution in [0.25, 0.3) is 0 Å². The number of anilines is 1. The second-order valence-electron chi connectivity index (χ2n) is 13.2. The first-order chi connectivity index (χ1) is 20.6. The van der Waals surface area contributed by atoms with Crippen molar-refractivity contribution in [3.05, 3.63) is 66.2 Å². The lowest BCUT2D eigenvalue weighted by Crippen LogP contribution is -2.61. The fraction of sp³-hybridized carbons (Fsp3) is 0.559. The van der Waals surface area contributed by atoms with Gasteiger partial charge in [-0.2, -0.15) is 0 Å². The summed E-state index contributed by atoms with van der Waals surface area (Å²) < 4.78 is 27.4. The van der Waals surface area contributed by atoms with E-state index in [4.69, 9.17) is 0 Å². The van der Waals surface area contributed by atoms with Gasteiger partial charge in [-0.1, -0.05) is 48.5 Å². The fourth-order valence-corrected chi connectivity index (χ4v) is 8.14. The minimum Gasteiger partial charge on any atom is -0.349 e. The minimum atomic E-state index is -2.67. The van der Waals surface area contributed by atoms with Crippen LogP contribution in [-0.2, 0) is 9.59 Å². The highest BCUT2D eigenvalue weighted by molar-refractivity contribution is 6.23. The van der Waals surface area contributed by atoms with E-state index in [0.717, 1.165) is 24.9 Å². The quantitative estimate of drug-likeness (QED) is 0.365. The van der Waals surface area contributed by atoms with Gasteiger partial charge < -0.3 is 10.2 Å².